The van der Waals surface area contributed by atoms with Crippen molar-refractivity contribution in [2.75, 3.05) is 0 Å². The van der Waals surface area contributed by atoms with E-state index in [2.05, 4.69) is 13.2 Å². The van der Waals surface area contributed by atoms with Crippen LogP contribution in [0.4, 0.5) is 0 Å². The van der Waals surface area contributed by atoms with Gasteiger partial charge in [0.15, 0.2) is 0 Å². The summed E-state index contributed by atoms with van der Waals surface area (Å²) >= 11 is 0. The maximum absolute atomic E-state index is 12.8. The van der Waals surface area contributed by atoms with Crippen molar-refractivity contribution in [3.05, 3.63) is 36.5 Å². The van der Waals surface area contributed by atoms with Crippen LogP contribution in [-0.4, -0.2) is 59.9 Å². The molecule has 0 unspecified atom stereocenters. The number of rotatable bonds is 10. The molecule has 3 rings (SSSR count). The summed E-state index contributed by atoms with van der Waals surface area (Å²) in [5, 5.41) is 12.2. The number of carbonyl (C=O) groups is 4. The fraction of sp³-hybridized carbons (Fsp3) is 0.677. The summed E-state index contributed by atoms with van der Waals surface area (Å²) in [7, 11) is 0. The van der Waals surface area contributed by atoms with Gasteiger partial charge in [0.2, 0.25) is 12.6 Å². The van der Waals surface area contributed by atoms with E-state index in [1.54, 1.807) is 12.2 Å². The predicted octanol–water partition coefficient (Wildman–Crippen LogP) is 4.16. The molecule has 41 heavy (non-hydrogen) atoms. The van der Waals surface area contributed by atoms with E-state index in [4.69, 9.17) is 23.7 Å². The van der Waals surface area contributed by atoms with Crippen LogP contribution in [-0.2, 0) is 42.9 Å². The fourth-order valence-electron chi connectivity index (χ4n) is 6.93. The fourth-order valence-corrected chi connectivity index (χ4v) is 6.93. The first-order valence-electron chi connectivity index (χ1n) is 14.1. The molecule has 3 aliphatic rings. The molecule has 0 aromatic heterocycles. The molecule has 10 heteroatoms. The van der Waals surface area contributed by atoms with Crippen molar-refractivity contribution in [1.82, 2.24) is 0 Å². The third-order valence-electron chi connectivity index (χ3n) is 8.91. The quantitative estimate of drug-likeness (QED) is 0.175. The lowest BCUT2D eigenvalue weighted by atomic mass is 9.44. The van der Waals surface area contributed by atoms with Gasteiger partial charge in [-0.25, -0.2) is 0 Å². The van der Waals surface area contributed by atoms with E-state index >= 15 is 0 Å². The van der Waals surface area contributed by atoms with E-state index in [-0.39, 0.29) is 18.8 Å². The number of hydrogen-bond donors (Lipinski definition) is 1. The lowest BCUT2D eigenvalue weighted by Gasteiger charge is -2.62. The third kappa shape index (κ3) is 6.28. The maximum atomic E-state index is 12.8. The second kappa shape index (κ2) is 12.5. The molecule has 2 fully saturated rings. The van der Waals surface area contributed by atoms with E-state index < -0.39 is 77.4 Å². The standard InChI is InChI=1S/C31H44O10/c1-10-17(4)11-12-30(9)18(5)26(37-19(6)32)27(36)31-23(28(38-20(7)33)41-29(31)39-21(8)34)14-22(15-24(30)31)40-25(35)13-16(2)3/h10,14,16,18,22,24,26-29,36H,1,4,11-13,15H2,2-3,5-9H3/t18-,22+,24+,26+,27+,28+,29-,30-,31-/m0/s1. The van der Waals surface area contributed by atoms with Crippen LogP contribution in [0.5, 0.6) is 0 Å². The summed E-state index contributed by atoms with van der Waals surface area (Å²) in [6, 6.07) is 0. The highest BCUT2D eigenvalue weighted by molar-refractivity contribution is 5.70. The zero-order valence-electron chi connectivity index (χ0n) is 25.1. The highest BCUT2D eigenvalue weighted by atomic mass is 16.8. The lowest BCUT2D eigenvalue weighted by molar-refractivity contribution is -0.276. The molecule has 228 valence electrons. The van der Waals surface area contributed by atoms with Gasteiger partial charge in [-0.05, 0) is 42.6 Å². The summed E-state index contributed by atoms with van der Waals surface area (Å²) in [6.45, 7) is 19.3. The van der Waals surface area contributed by atoms with Gasteiger partial charge in [-0.2, -0.15) is 0 Å². The molecule has 0 bridgehead atoms. The molecular weight excluding hydrogens is 532 g/mol. The van der Waals surface area contributed by atoms with Gasteiger partial charge in [-0.3, -0.25) is 23.9 Å². The van der Waals surface area contributed by atoms with E-state index in [9.17, 15) is 24.3 Å². The first-order chi connectivity index (χ1) is 19.1. The van der Waals surface area contributed by atoms with Gasteiger partial charge in [0, 0.05) is 38.7 Å². The monoisotopic (exact) mass is 576 g/mol. The second-order valence-corrected chi connectivity index (χ2v) is 12.2. The minimum absolute atomic E-state index is 0.0750. The predicted molar refractivity (Wildman–Crippen MR) is 148 cm³/mol. The van der Waals surface area contributed by atoms with Gasteiger partial charge < -0.3 is 24.1 Å². The highest BCUT2D eigenvalue weighted by Crippen LogP contribution is 2.67. The van der Waals surface area contributed by atoms with Crippen LogP contribution in [0.25, 0.3) is 0 Å². The Labute approximate surface area is 242 Å². The summed E-state index contributed by atoms with van der Waals surface area (Å²) in [6.07, 6.45) is -1.05. The average Bonchev–Trinajstić information content (AvgIpc) is 3.14. The number of aliphatic hydroxyl groups is 1. The third-order valence-corrected chi connectivity index (χ3v) is 8.91. The van der Waals surface area contributed by atoms with Crippen molar-refractivity contribution in [2.45, 2.75) is 105 Å². The molecule has 1 heterocycles. The maximum Gasteiger partial charge on any atom is 0.306 e. The number of carbonyl (C=O) groups excluding carboxylic acids is 4. The summed E-state index contributed by atoms with van der Waals surface area (Å²) in [5.41, 5.74) is -1.08. The molecule has 2 aliphatic carbocycles. The molecule has 10 nitrogen and oxygen atoms in total. The number of aliphatic hydroxyl groups excluding tert-OH is 1. The van der Waals surface area contributed by atoms with Crippen LogP contribution in [0.15, 0.2) is 36.5 Å². The zero-order valence-corrected chi connectivity index (χ0v) is 25.1. The van der Waals surface area contributed by atoms with Gasteiger partial charge in [0.1, 0.15) is 18.3 Å². The van der Waals surface area contributed by atoms with Crippen molar-refractivity contribution in [1.29, 1.82) is 0 Å². The van der Waals surface area contributed by atoms with Gasteiger partial charge in [-0.15, -0.1) is 0 Å². The Morgan fingerprint density at radius 2 is 1.71 bits per heavy atom. The Bertz CT molecular complexity index is 1110. The number of hydrogen-bond acceptors (Lipinski definition) is 10. The molecule has 0 aromatic carbocycles. The Morgan fingerprint density at radius 1 is 1.10 bits per heavy atom. The zero-order chi connectivity index (χ0) is 30.9. The first kappa shape index (κ1) is 32.5. The summed E-state index contributed by atoms with van der Waals surface area (Å²) < 4.78 is 28.9. The van der Waals surface area contributed by atoms with Gasteiger partial charge in [0.05, 0.1) is 5.41 Å². The molecule has 9 atom stereocenters. The molecule has 1 aliphatic heterocycles. The van der Waals surface area contributed by atoms with Crippen LogP contribution in [0.1, 0.15) is 74.1 Å². The number of ether oxygens (including phenoxy) is 5. The Kier molecular flexibility index (Phi) is 9.91. The molecule has 1 spiro atoms. The van der Waals surface area contributed by atoms with Crippen LogP contribution >= 0.6 is 0 Å². The Hall–Kier alpha value is -2.98. The smallest absolute Gasteiger partial charge is 0.306 e. The molecule has 0 aromatic rings. The van der Waals surface area contributed by atoms with Crippen molar-refractivity contribution in [3.63, 3.8) is 0 Å². The van der Waals surface area contributed by atoms with E-state index in [1.807, 2.05) is 27.7 Å². The minimum Gasteiger partial charge on any atom is -0.459 e. The molecule has 0 radical (unpaired) electrons. The summed E-state index contributed by atoms with van der Waals surface area (Å²) in [5.74, 6) is -3.17. The topological polar surface area (TPSA) is 135 Å². The van der Waals surface area contributed by atoms with Crippen LogP contribution in [0.3, 0.4) is 0 Å². The van der Waals surface area contributed by atoms with Gasteiger partial charge in [-0.1, -0.05) is 52.5 Å². The minimum atomic E-state index is -1.48. The second-order valence-electron chi connectivity index (χ2n) is 12.2. The lowest BCUT2D eigenvalue weighted by Crippen LogP contribution is -2.68. The van der Waals surface area contributed by atoms with E-state index in [0.717, 1.165) is 5.57 Å². The van der Waals surface area contributed by atoms with Gasteiger partial charge in [0.25, 0.3) is 0 Å². The number of allylic oxidation sites excluding steroid dienone is 2. The Balaban J connectivity index is 2.29. The molecule has 1 saturated carbocycles. The Morgan fingerprint density at radius 3 is 2.24 bits per heavy atom. The van der Waals surface area contributed by atoms with Gasteiger partial charge >= 0.3 is 23.9 Å². The van der Waals surface area contributed by atoms with Crippen molar-refractivity contribution < 1.29 is 48.0 Å². The normalized spacial score (nSPS) is 35.8. The van der Waals surface area contributed by atoms with Crippen LogP contribution in [0.2, 0.25) is 0 Å². The van der Waals surface area contributed by atoms with Crippen LogP contribution in [0, 0.1) is 28.6 Å². The summed E-state index contributed by atoms with van der Waals surface area (Å²) in [4.78, 5) is 49.6. The van der Waals surface area contributed by atoms with Crippen molar-refractivity contribution >= 4 is 23.9 Å². The van der Waals surface area contributed by atoms with Crippen LogP contribution < -0.4 is 0 Å². The molecule has 0 amide bonds. The first-order valence-corrected chi connectivity index (χ1v) is 14.1. The molecule has 1 N–H and O–H groups in total. The van der Waals surface area contributed by atoms with Crippen molar-refractivity contribution in [3.8, 4) is 0 Å². The number of esters is 4. The van der Waals surface area contributed by atoms with E-state index in [1.165, 1.54) is 20.8 Å². The van der Waals surface area contributed by atoms with E-state index in [0.29, 0.717) is 18.4 Å². The van der Waals surface area contributed by atoms with Crippen molar-refractivity contribution in [2.24, 2.45) is 28.6 Å². The largest absolute Gasteiger partial charge is 0.459 e. The molecular formula is C31H44O10. The highest BCUT2D eigenvalue weighted by Gasteiger charge is 2.74. The SMILES string of the molecule is C=CC(=C)CC[C@]1(C)[C@H]2C[C@H](OC(=O)CC(C)C)C=C3[C@H](OC(C)=O)O[C@H](OC(C)=O)[C@@]32[C@H](O)[C@H](OC(C)=O)[C@@H]1C. The average molecular weight is 577 g/mol. The molecule has 1 saturated heterocycles.